The van der Waals surface area contributed by atoms with Crippen molar-refractivity contribution in [2.24, 2.45) is 0 Å². The van der Waals surface area contributed by atoms with Gasteiger partial charge in [-0.2, -0.15) is 0 Å². The first-order valence-electron chi connectivity index (χ1n) is 6.55. The number of rotatable bonds is 5. The molecule has 0 spiro atoms. The van der Waals surface area contributed by atoms with Gasteiger partial charge in [0.2, 0.25) is 0 Å². The lowest BCUT2D eigenvalue weighted by molar-refractivity contribution is 0.139. The van der Waals surface area contributed by atoms with Crippen LogP contribution in [0.2, 0.25) is 15.1 Å². The van der Waals surface area contributed by atoms with Gasteiger partial charge in [0.1, 0.15) is 5.75 Å². The van der Waals surface area contributed by atoms with Gasteiger partial charge in [0.05, 0.1) is 21.7 Å². The molecule has 5 heteroatoms. The summed E-state index contributed by atoms with van der Waals surface area (Å²) in [7, 11) is 0. The van der Waals surface area contributed by atoms with E-state index in [4.69, 9.17) is 39.5 Å². The fourth-order valence-corrected chi connectivity index (χ4v) is 2.85. The summed E-state index contributed by atoms with van der Waals surface area (Å²) in [5, 5.41) is 11.2. The van der Waals surface area contributed by atoms with E-state index in [1.807, 2.05) is 25.1 Å². The predicted molar refractivity (Wildman–Crippen MR) is 87.9 cm³/mol. The molecule has 0 aliphatic carbocycles. The molecule has 1 N–H and O–H groups in total. The summed E-state index contributed by atoms with van der Waals surface area (Å²) in [6, 6.07) is 10.6. The Balaban J connectivity index is 2.51. The Kier molecular flexibility index (Phi) is 5.77. The average molecular weight is 346 g/mol. The van der Waals surface area contributed by atoms with E-state index in [1.165, 1.54) is 0 Å². The second-order valence-corrected chi connectivity index (χ2v) is 5.70. The molecule has 0 radical (unpaired) electrons. The maximum Gasteiger partial charge on any atom is 0.119 e. The van der Waals surface area contributed by atoms with Crippen LogP contribution < -0.4 is 0 Å². The maximum absolute atomic E-state index is 10.1. The van der Waals surface area contributed by atoms with Gasteiger partial charge in [0.25, 0.3) is 0 Å². The highest BCUT2D eigenvalue weighted by molar-refractivity contribution is 6.48. The van der Waals surface area contributed by atoms with Crippen molar-refractivity contribution in [3.63, 3.8) is 0 Å². The minimum Gasteiger partial charge on any atom is -0.508 e. The molecule has 0 amide bonds. The van der Waals surface area contributed by atoms with Crippen LogP contribution in [0.25, 0.3) is 0 Å². The van der Waals surface area contributed by atoms with Crippen molar-refractivity contribution in [3.8, 4) is 5.75 Å². The number of halogens is 3. The summed E-state index contributed by atoms with van der Waals surface area (Å²) in [5.74, 6) is -0.0160. The maximum atomic E-state index is 10.1. The van der Waals surface area contributed by atoms with Crippen LogP contribution >= 0.6 is 34.8 Å². The molecular formula is C16H15Cl3O2. The van der Waals surface area contributed by atoms with E-state index in [-0.39, 0.29) is 11.7 Å². The van der Waals surface area contributed by atoms with Gasteiger partial charge in [-0.3, -0.25) is 0 Å². The van der Waals surface area contributed by atoms with E-state index in [1.54, 1.807) is 18.2 Å². The van der Waals surface area contributed by atoms with Gasteiger partial charge in [-0.05, 0) is 24.6 Å². The molecular weight excluding hydrogens is 331 g/mol. The number of para-hydroxylation sites is 1. The first-order chi connectivity index (χ1) is 10.1. The Morgan fingerprint density at radius 1 is 1.00 bits per heavy atom. The van der Waals surface area contributed by atoms with Crippen LogP contribution in [-0.2, 0) is 4.74 Å². The number of ether oxygens (including phenoxy) is 1. The minimum atomic E-state index is -0.214. The third kappa shape index (κ3) is 3.64. The molecule has 0 aliphatic heterocycles. The van der Waals surface area contributed by atoms with Crippen molar-refractivity contribution in [2.75, 3.05) is 13.2 Å². The van der Waals surface area contributed by atoms with Crippen molar-refractivity contribution in [1.29, 1.82) is 0 Å². The van der Waals surface area contributed by atoms with Gasteiger partial charge < -0.3 is 9.84 Å². The van der Waals surface area contributed by atoms with E-state index < -0.39 is 0 Å². The molecule has 0 bridgehead atoms. The molecule has 0 aromatic heterocycles. The van der Waals surface area contributed by atoms with Gasteiger partial charge in [0.15, 0.2) is 0 Å². The highest BCUT2D eigenvalue weighted by Gasteiger charge is 2.22. The predicted octanol–water partition coefficient (Wildman–Crippen LogP) is 5.52. The Morgan fingerprint density at radius 2 is 1.71 bits per heavy atom. The van der Waals surface area contributed by atoms with Gasteiger partial charge >= 0.3 is 0 Å². The second kappa shape index (κ2) is 7.37. The summed E-state index contributed by atoms with van der Waals surface area (Å²) >= 11 is 18.4. The highest BCUT2D eigenvalue weighted by Crippen LogP contribution is 2.40. The summed E-state index contributed by atoms with van der Waals surface area (Å²) in [4.78, 5) is 0. The first-order valence-corrected chi connectivity index (χ1v) is 7.68. The zero-order valence-electron chi connectivity index (χ0n) is 11.4. The fraction of sp³-hybridized carbons (Fsp3) is 0.250. The third-order valence-corrected chi connectivity index (χ3v) is 4.55. The third-order valence-electron chi connectivity index (χ3n) is 3.24. The lowest BCUT2D eigenvalue weighted by Crippen LogP contribution is -2.10. The number of phenolic OH excluding ortho intramolecular Hbond substituents is 1. The van der Waals surface area contributed by atoms with Crippen molar-refractivity contribution in [3.05, 3.63) is 62.6 Å². The molecule has 2 aromatic carbocycles. The van der Waals surface area contributed by atoms with Crippen molar-refractivity contribution >= 4 is 34.8 Å². The van der Waals surface area contributed by atoms with E-state index in [0.29, 0.717) is 28.3 Å². The summed E-state index contributed by atoms with van der Waals surface area (Å²) < 4.78 is 5.54. The fourth-order valence-electron chi connectivity index (χ4n) is 2.17. The van der Waals surface area contributed by atoms with E-state index >= 15 is 0 Å². The van der Waals surface area contributed by atoms with Gasteiger partial charge in [-0.15, -0.1) is 0 Å². The van der Waals surface area contributed by atoms with Crippen LogP contribution in [0.3, 0.4) is 0 Å². The topological polar surface area (TPSA) is 29.5 Å². The molecule has 2 aromatic rings. The zero-order valence-corrected chi connectivity index (χ0v) is 13.7. The van der Waals surface area contributed by atoms with Crippen LogP contribution in [0.15, 0.2) is 36.4 Å². The van der Waals surface area contributed by atoms with E-state index in [9.17, 15) is 5.11 Å². The van der Waals surface area contributed by atoms with Gasteiger partial charge in [-0.25, -0.2) is 0 Å². The lowest BCUT2D eigenvalue weighted by atomic mass is 9.91. The summed E-state index contributed by atoms with van der Waals surface area (Å²) in [6.45, 7) is 2.88. The SMILES string of the molecule is CCOCC(c1ccccc1O)c1ccc(Cl)c(Cl)c1Cl. The van der Waals surface area contributed by atoms with Crippen LogP contribution in [0.1, 0.15) is 24.0 Å². The molecule has 0 fully saturated rings. The Bertz CT molecular complexity index is 629. The summed E-state index contributed by atoms with van der Waals surface area (Å²) in [6.07, 6.45) is 0. The Labute approximate surface area is 139 Å². The molecule has 112 valence electrons. The monoisotopic (exact) mass is 344 g/mol. The number of hydrogen-bond donors (Lipinski definition) is 1. The number of aromatic hydroxyl groups is 1. The highest BCUT2D eigenvalue weighted by atomic mass is 35.5. The largest absolute Gasteiger partial charge is 0.508 e. The van der Waals surface area contributed by atoms with Gasteiger partial charge in [0, 0.05) is 18.1 Å². The van der Waals surface area contributed by atoms with Crippen LogP contribution in [0, 0.1) is 0 Å². The Hall–Kier alpha value is -0.930. The van der Waals surface area contributed by atoms with Crippen molar-refractivity contribution in [2.45, 2.75) is 12.8 Å². The zero-order chi connectivity index (χ0) is 15.4. The van der Waals surface area contributed by atoms with Crippen LogP contribution in [-0.4, -0.2) is 18.3 Å². The van der Waals surface area contributed by atoms with Crippen molar-refractivity contribution in [1.82, 2.24) is 0 Å². The van der Waals surface area contributed by atoms with Gasteiger partial charge in [-0.1, -0.05) is 59.1 Å². The number of phenols is 1. The van der Waals surface area contributed by atoms with Crippen LogP contribution in [0.4, 0.5) is 0 Å². The Morgan fingerprint density at radius 3 is 2.38 bits per heavy atom. The molecule has 2 nitrogen and oxygen atoms in total. The quantitative estimate of drug-likeness (QED) is 0.723. The van der Waals surface area contributed by atoms with Crippen molar-refractivity contribution < 1.29 is 9.84 Å². The molecule has 1 atom stereocenters. The van der Waals surface area contributed by atoms with E-state index in [2.05, 4.69) is 0 Å². The molecule has 0 saturated carbocycles. The molecule has 0 saturated heterocycles. The second-order valence-electron chi connectivity index (χ2n) is 4.54. The molecule has 0 heterocycles. The molecule has 2 rings (SSSR count). The lowest BCUT2D eigenvalue weighted by Gasteiger charge is -2.21. The number of hydrogen-bond acceptors (Lipinski definition) is 2. The molecule has 21 heavy (non-hydrogen) atoms. The average Bonchev–Trinajstić information content (AvgIpc) is 2.48. The summed E-state index contributed by atoms with van der Waals surface area (Å²) in [5.41, 5.74) is 1.52. The molecule has 0 aliphatic rings. The minimum absolute atomic E-state index is 0.198. The smallest absolute Gasteiger partial charge is 0.119 e. The first kappa shape index (κ1) is 16.4. The van der Waals surface area contributed by atoms with E-state index in [0.717, 1.165) is 11.1 Å². The normalized spacial score (nSPS) is 12.4. The van der Waals surface area contributed by atoms with Crippen LogP contribution in [0.5, 0.6) is 5.75 Å². The molecule has 1 unspecified atom stereocenters. The number of benzene rings is 2. The standard InChI is InChI=1S/C16H15Cl3O2/c1-2-21-9-12(10-5-3-4-6-14(10)20)11-7-8-13(17)16(19)15(11)18/h3-8,12,20H,2,9H2,1H3.